The number of carbonyl (C=O) groups excluding carboxylic acids is 3. The Bertz CT molecular complexity index is 1040. The average Bonchev–Trinajstić information content (AvgIpc) is 3.26. The molecule has 8 heteroatoms. The van der Waals surface area contributed by atoms with Crippen LogP contribution in [-0.4, -0.2) is 51.2 Å². The van der Waals surface area contributed by atoms with E-state index < -0.39 is 11.5 Å². The van der Waals surface area contributed by atoms with Gasteiger partial charge >= 0.3 is 5.97 Å². The van der Waals surface area contributed by atoms with E-state index in [1.807, 2.05) is 24.3 Å². The maximum atomic E-state index is 13.6. The van der Waals surface area contributed by atoms with Gasteiger partial charge in [-0.05, 0) is 37.3 Å². The van der Waals surface area contributed by atoms with Crippen LogP contribution in [-0.2, 0) is 29.0 Å². The molecule has 0 radical (unpaired) electrons. The van der Waals surface area contributed by atoms with Crippen LogP contribution >= 0.6 is 0 Å². The second-order valence-corrected chi connectivity index (χ2v) is 9.21. The molecule has 1 aliphatic heterocycles. The van der Waals surface area contributed by atoms with Gasteiger partial charge in [-0.2, -0.15) is 5.10 Å². The van der Waals surface area contributed by atoms with Crippen LogP contribution < -0.4 is 5.32 Å². The summed E-state index contributed by atoms with van der Waals surface area (Å²) in [6, 6.07) is 9.65. The van der Waals surface area contributed by atoms with Gasteiger partial charge < -0.3 is 15.0 Å². The van der Waals surface area contributed by atoms with Crippen molar-refractivity contribution in [3.63, 3.8) is 0 Å². The molecule has 0 spiro atoms. The van der Waals surface area contributed by atoms with E-state index in [1.165, 1.54) is 29.8 Å². The zero-order chi connectivity index (χ0) is 23.6. The number of aromatic nitrogens is 2. The van der Waals surface area contributed by atoms with Crippen LogP contribution in [0.1, 0.15) is 78.1 Å². The number of carbonyl (C=O) groups is 3. The summed E-state index contributed by atoms with van der Waals surface area (Å²) in [7, 11) is 1.27. The Morgan fingerprint density at radius 2 is 1.82 bits per heavy atom. The number of rotatable bonds is 6. The van der Waals surface area contributed by atoms with E-state index in [9.17, 15) is 14.4 Å². The minimum absolute atomic E-state index is 0.0602. The number of nitrogens with one attached hydrogen (secondary N) is 1. The van der Waals surface area contributed by atoms with E-state index in [0.29, 0.717) is 0 Å². The molecule has 2 aliphatic rings. The molecule has 1 aliphatic carbocycles. The molecule has 1 fully saturated rings. The summed E-state index contributed by atoms with van der Waals surface area (Å²) in [6.07, 6.45) is 6.22. The molecular weight excluding hydrogens is 420 g/mol. The van der Waals surface area contributed by atoms with Gasteiger partial charge in [0.1, 0.15) is 11.2 Å². The van der Waals surface area contributed by atoms with Crippen molar-refractivity contribution >= 4 is 17.8 Å². The largest absolute Gasteiger partial charge is 0.464 e. The fourth-order valence-corrected chi connectivity index (χ4v) is 4.74. The van der Waals surface area contributed by atoms with Gasteiger partial charge in [0.05, 0.1) is 13.7 Å². The second-order valence-electron chi connectivity index (χ2n) is 9.21. The molecule has 0 bridgehead atoms. The smallest absolute Gasteiger partial charge is 0.358 e. The lowest BCUT2D eigenvalue weighted by atomic mass is 9.91. The number of hydrogen-bond donors (Lipinski definition) is 1. The number of benzene rings is 1. The van der Waals surface area contributed by atoms with Crippen LogP contribution in [0.2, 0.25) is 0 Å². The summed E-state index contributed by atoms with van der Waals surface area (Å²) < 4.78 is 6.24. The molecule has 1 N–H and O–H groups in total. The SMILES string of the molecule is CCc1ccc(CN2C(=O)c3cc(C(=O)OC)nn3CC2(C)C(=O)NC2CCCCC2)cc1. The first-order valence-corrected chi connectivity index (χ1v) is 11.7. The highest BCUT2D eigenvalue weighted by Gasteiger charge is 2.48. The minimum Gasteiger partial charge on any atom is -0.464 e. The molecule has 1 aromatic carbocycles. The molecule has 1 saturated carbocycles. The Kier molecular flexibility index (Phi) is 6.54. The van der Waals surface area contributed by atoms with Crippen LogP contribution in [0.15, 0.2) is 30.3 Å². The van der Waals surface area contributed by atoms with Crippen LogP contribution in [0, 0.1) is 0 Å². The standard InChI is InChI=1S/C25H32N4O4/c1-4-17-10-12-18(13-11-17)15-28-22(30)21-14-20(23(31)33-3)27-29(21)16-25(28,2)24(32)26-19-8-6-5-7-9-19/h10-14,19H,4-9,15-16H2,1-3H3,(H,26,32). The topological polar surface area (TPSA) is 93.5 Å². The number of aryl methyl sites for hydroxylation is 1. The van der Waals surface area contributed by atoms with Crippen LogP contribution in [0.25, 0.3) is 0 Å². The highest BCUT2D eigenvalue weighted by atomic mass is 16.5. The van der Waals surface area contributed by atoms with Crippen molar-refractivity contribution in [2.75, 3.05) is 7.11 Å². The Labute approximate surface area is 194 Å². The van der Waals surface area contributed by atoms with Gasteiger partial charge in [-0.1, -0.05) is 50.5 Å². The fourth-order valence-electron chi connectivity index (χ4n) is 4.74. The summed E-state index contributed by atoms with van der Waals surface area (Å²) >= 11 is 0. The molecule has 8 nitrogen and oxygen atoms in total. The van der Waals surface area contributed by atoms with Crippen molar-refractivity contribution in [1.29, 1.82) is 0 Å². The molecule has 4 rings (SSSR count). The Morgan fingerprint density at radius 1 is 1.15 bits per heavy atom. The molecule has 2 amide bonds. The second kappa shape index (κ2) is 9.37. The Balaban J connectivity index is 1.68. The predicted octanol–water partition coefficient (Wildman–Crippen LogP) is 3.10. The van der Waals surface area contributed by atoms with Crippen molar-refractivity contribution in [3.8, 4) is 0 Å². The van der Waals surface area contributed by atoms with E-state index in [4.69, 9.17) is 4.74 Å². The van der Waals surface area contributed by atoms with E-state index >= 15 is 0 Å². The maximum absolute atomic E-state index is 13.6. The van der Waals surface area contributed by atoms with Crippen molar-refractivity contribution in [2.24, 2.45) is 0 Å². The number of ether oxygens (including phenoxy) is 1. The van der Waals surface area contributed by atoms with Crippen molar-refractivity contribution in [1.82, 2.24) is 20.0 Å². The highest BCUT2D eigenvalue weighted by molar-refractivity contribution is 6.01. The van der Waals surface area contributed by atoms with Gasteiger partial charge in [-0.15, -0.1) is 0 Å². The van der Waals surface area contributed by atoms with Gasteiger partial charge in [0.25, 0.3) is 5.91 Å². The minimum atomic E-state index is -1.15. The lowest BCUT2D eigenvalue weighted by Gasteiger charge is -2.44. The van der Waals surface area contributed by atoms with Gasteiger partial charge in [0.15, 0.2) is 5.69 Å². The Hall–Kier alpha value is -3.16. The van der Waals surface area contributed by atoms with Crippen molar-refractivity contribution < 1.29 is 19.1 Å². The lowest BCUT2D eigenvalue weighted by Crippen LogP contribution is -2.64. The van der Waals surface area contributed by atoms with Crippen LogP contribution in [0.5, 0.6) is 0 Å². The van der Waals surface area contributed by atoms with Gasteiger partial charge in [0.2, 0.25) is 5.91 Å². The predicted molar refractivity (Wildman–Crippen MR) is 123 cm³/mol. The zero-order valence-electron chi connectivity index (χ0n) is 19.6. The first-order chi connectivity index (χ1) is 15.9. The third-order valence-corrected chi connectivity index (χ3v) is 6.89. The van der Waals surface area contributed by atoms with Gasteiger partial charge in [0, 0.05) is 18.7 Å². The first kappa shape index (κ1) is 23.0. The number of esters is 1. The maximum Gasteiger partial charge on any atom is 0.358 e. The van der Waals surface area contributed by atoms with Crippen LogP contribution in [0.3, 0.4) is 0 Å². The number of amides is 2. The number of hydrogen-bond acceptors (Lipinski definition) is 5. The molecule has 1 atom stereocenters. The molecular formula is C25H32N4O4. The molecule has 2 heterocycles. The molecule has 33 heavy (non-hydrogen) atoms. The van der Waals surface area contributed by atoms with E-state index in [0.717, 1.165) is 37.7 Å². The molecule has 176 valence electrons. The summed E-state index contributed by atoms with van der Waals surface area (Å²) in [6.45, 7) is 4.33. The highest BCUT2D eigenvalue weighted by Crippen LogP contribution is 2.30. The van der Waals surface area contributed by atoms with E-state index in [2.05, 4.69) is 17.3 Å². The summed E-state index contributed by atoms with van der Waals surface area (Å²) in [5, 5.41) is 7.47. The van der Waals surface area contributed by atoms with Gasteiger partial charge in [-0.3, -0.25) is 14.3 Å². The molecule has 1 unspecified atom stereocenters. The molecule has 2 aromatic rings. The number of nitrogens with zero attached hydrogens (tertiary/aromatic N) is 3. The summed E-state index contributed by atoms with van der Waals surface area (Å²) in [4.78, 5) is 40.9. The van der Waals surface area contributed by atoms with Crippen molar-refractivity contribution in [3.05, 3.63) is 52.8 Å². The van der Waals surface area contributed by atoms with E-state index in [1.54, 1.807) is 11.8 Å². The number of methoxy groups -OCH3 is 1. The number of fused-ring (bicyclic) bond motifs is 1. The fraction of sp³-hybridized carbons (Fsp3) is 0.520. The summed E-state index contributed by atoms with van der Waals surface area (Å²) in [5.74, 6) is -1.13. The Morgan fingerprint density at radius 3 is 2.45 bits per heavy atom. The van der Waals surface area contributed by atoms with Crippen LogP contribution in [0.4, 0.5) is 0 Å². The zero-order valence-corrected chi connectivity index (χ0v) is 19.6. The first-order valence-electron chi connectivity index (χ1n) is 11.7. The normalized spacial score (nSPS) is 20.9. The molecule has 1 aromatic heterocycles. The van der Waals surface area contributed by atoms with Crippen molar-refractivity contribution in [2.45, 2.75) is 77.0 Å². The third-order valence-electron chi connectivity index (χ3n) is 6.89. The monoisotopic (exact) mass is 452 g/mol. The lowest BCUT2D eigenvalue weighted by molar-refractivity contribution is -0.134. The quantitative estimate of drug-likeness (QED) is 0.680. The van der Waals surface area contributed by atoms with E-state index in [-0.39, 0.29) is 42.3 Å². The third kappa shape index (κ3) is 4.51. The molecule has 0 saturated heterocycles. The summed E-state index contributed by atoms with van der Waals surface area (Å²) in [5.41, 5.74) is 1.35. The van der Waals surface area contributed by atoms with Gasteiger partial charge in [-0.25, -0.2) is 4.79 Å². The average molecular weight is 453 g/mol.